The van der Waals surface area contributed by atoms with E-state index in [1.54, 1.807) is 23.3 Å². The molecule has 1 aliphatic carbocycles. The Morgan fingerprint density at radius 2 is 1.92 bits per heavy atom. The number of allylic oxidation sites excluding steroid dienone is 1. The number of hydrogen-bond donors (Lipinski definition) is 0. The van der Waals surface area contributed by atoms with Gasteiger partial charge in [0.25, 0.3) is 0 Å². The van der Waals surface area contributed by atoms with Gasteiger partial charge in [-0.05, 0) is 38.3 Å². The van der Waals surface area contributed by atoms with Crippen LogP contribution in [-0.2, 0) is 9.59 Å². The lowest BCUT2D eigenvalue weighted by molar-refractivity contribution is -0.132. The van der Waals surface area contributed by atoms with Crippen molar-refractivity contribution in [3.8, 4) is 0 Å². The van der Waals surface area contributed by atoms with Crippen LogP contribution in [0.1, 0.15) is 53.4 Å². The molecule has 0 radical (unpaired) electrons. The molecule has 1 heterocycles. The summed E-state index contributed by atoms with van der Waals surface area (Å²) in [5, 5.41) is 1.00. The largest absolute Gasteiger partial charge is 0.337 e. The summed E-state index contributed by atoms with van der Waals surface area (Å²) in [4.78, 5) is 32.7. The summed E-state index contributed by atoms with van der Waals surface area (Å²) < 4.78 is 0. The first-order valence-corrected chi connectivity index (χ1v) is 9.70. The van der Waals surface area contributed by atoms with Crippen LogP contribution < -0.4 is 0 Å². The molecule has 1 aromatic heterocycles. The van der Waals surface area contributed by atoms with Crippen LogP contribution in [0.5, 0.6) is 0 Å². The van der Waals surface area contributed by atoms with E-state index in [1.807, 2.05) is 51.1 Å². The summed E-state index contributed by atoms with van der Waals surface area (Å²) in [7, 11) is 1.79. The minimum Gasteiger partial charge on any atom is -0.337 e. The van der Waals surface area contributed by atoms with Gasteiger partial charge in [0.05, 0.1) is 23.2 Å². The van der Waals surface area contributed by atoms with E-state index in [-0.39, 0.29) is 24.2 Å². The van der Waals surface area contributed by atoms with Gasteiger partial charge in [0, 0.05) is 23.9 Å². The van der Waals surface area contributed by atoms with Crippen LogP contribution in [0.2, 0.25) is 0 Å². The van der Waals surface area contributed by atoms with Crippen molar-refractivity contribution >= 4 is 28.6 Å². The molecule has 1 atom stereocenters. The van der Waals surface area contributed by atoms with Crippen molar-refractivity contribution in [1.82, 2.24) is 9.88 Å². The second-order valence-electron chi connectivity index (χ2n) is 6.78. The topological polar surface area (TPSA) is 50.3 Å². The van der Waals surface area contributed by atoms with Gasteiger partial charge in [-0.25, -0.2) is 4.98 Å². The first-order chi connectivity index (χ1) is 12.4. The van der Waals surface area contributed by atoms with E-state index in [1.165, 1.54) is 0 Å². The Morgan fingerprint density at radius 1 is 1.23 bits per heavy atom. The average Bonchev–Trinajstić information content (AvgIpc) is 3.16. The molecule has 1 unspecified atom stereocenters. The molecular formula is C21H24N2O2S. The molecule has 0 saturated heterocycles. The Balaban J connectivity index is 1.81. The predicted molar refractivity (Wildman–Crippen MR) is 105 cm³/mol. The first kappa shape index (κ1) is 18.5. The van der Waals surface area contributed by atoms with Crippen molar-refractivity contribution in [3.05, 3.63) is 57.0 Å². The second-order valence-corrected chi connectivity index (χ2v) is 8.19. The zero-order valence-corrected chi connectivity index (χ0v) is 16.5. The lowest BCUT2D eigenvalue weighted by Crippen LogP contribution is -2.30. The van der Waals surface area contributed by atoms with Crippen molar-refractivity contribution < 1.29 is 9.59 Å². The third-order valence-corrected chi connectivity index (χ3v) is 5.96. The van der Waals surface area contributed by atoms with Crippen molar-refractivity contribution in [2.24, 2.45) is 0 Å². The van der Waals surface area contributed by atoms with Crippen LogP contribution in [-0.4, -0.2) is 28.6 Å². The van der Waals surface area contributed by atoms with Crippen LogP contribution in [0.3, 0.4) is 0 Å². The lowest BCUT2D eigenvalue weighted by Gasteiger charge is -2.24. The molecule has 0 N–H and O–H groups in total. The van der Waals surface area contributed by atoms with Crippen molar-refractivity contribution in [1.29, 1.82) is 0 Å². The lowest BCUT2D eigenvalue weighted by atomic mass is 9.99. The number of amides is 1. The number of carbonyl (C=O) groups is 2. The number of Topliss-reactive ketones (excluding diaryl/α,β-unsaturated/α-hetero) is 1. The first-order valence-electron chi connectivity index (χ1n) is 8.88. The van der Waals surface area contributed by atoms with Crippen molar-refractivity contribution in [3.63, 3.8) is 0 Å². The SMILES string of the molecule is Cc1nc(C(C)N(C)C(=O)CC2=C(c3ccccc3)CCC2=O)c(C)s1. The van der Waals surface area contributed by atoms with Gasteiger partial charge in [-0.1, -0.05) is 30.3 Å². The Morgan fingerprint density at radius 3 is 2.54 bits per heavy atom. The maximum atomic E-state index is 12.9. The Hall–Kier alpha value is -2.27. The highest BCUT2D eigenvalue weighted by Gasteiger charge is 2.28. The van der Waals surface area contributed by atoms with E-state index in [2.05, 4.69) is 4.98 Å². The van der Waals surface area contributed by atoms with E-state index < -0.39 is 0 Å². The molecule has 0 aliphatic heterocycles. The van der Waals surface area contributed by atoms with Gasteiger partial charge in [-0.3, -0.25) is 9.59 Å². The normalized spacial score (nSPS) is 15.5. The zero-order valence-electron chi connectivity index (χ0n) is 15.7. The summed E-state index contributed by atoms with van der Waals surface area (Å²) in [6, 6.07) is 9.79. The van der Waals surface area contributed by atoms with Crippen LogP contribution in [0, 0.1) is 13.8 Å². The number of rotatable bonds is 5. The van der Waals surface area contributed by atoms with Gasteiger partial charge in [-0.15, -0.1) is 11.3 Å². The number of aromatic nitrogens is 1. The van der Waals surface area contributed by atoms with Crippen LogP contribution in [0.25, 0.3) is 5.57 Å². The molecule has 1 aliphatic rings. The fourth-order valence-corrected chi connectivity index (χ4v) is 4.39. The van der Waals surface area contributed by atoms with Crippen LogP contribution in [0.4, 0.5) is 0 Å². The molecule has 136 valence electrons. The Labute approximate surface area is 158 Å². The fraction of sp³-hybridized carbons (Fsp3) is 0.381. The summed E-state index contributed by atoms with van der Waals surface area (Å²) in [5.74, 6) is 0.0557. The molecule has 0 fully saturated rings. The fourth-order valence-electron chi connectivity index (χ4n) is 3.48. The van der Waals surface area contributed by atoms with Crippen LogP contribution in [0.15, 0.2) is 35.9 Å². The number of carbonyl (C=O) groups excluding carboxylic acids is 2. The monoisotopic (exact) mass is 368 g/mol. The highest BCUT2D eigenvalue weighted by atomic mass is 32.1. The van der Waals surface area contributed by atoms with Gasteiger partial charge >= 0.3 is 0 Å². The molecule has 1 amide bonds. The molecule has 26 heavy (non-hydrogen) atoms. The molecular weight excluding hydrogens is 344 g/mol. The van der Waals surface area contributed by atoms with E-state index in [4.69, 9.17) is 0 Å². The van der Waals surface area contributed by atoms with E-state index >= 15 is 0 Å². The van der Waals surface area contributed by atoms with Gasteiger partial charge in [-0.2, -0.15) is 0 Å². The number of ketones is 1. The zero-order chi connectivity index (χ0) is 18.8. The second kappa shape index (κ2) is 7.54. The Bertz CT molecular complexity index is 867. The molecule has 0 bridgehead atoms. The highest BCUT2D eigenvalue weighted by molar-refractivity contribution is 7.11. The summed E-state index contributed by atoms with van der Waals surface area (Å²) in [6.45, 7) is 6.00. The van der Waals surface area contributed by atoms with Gasteiger partial charge < -0.3 is 4.90 Å². The maximum Gasteiger partial charge on any atom is 0.227 e. The minimum absolute atomic E-state index is 0.0405. The summed E-state index contributed by atoms with van der Waals surface area (Å²) in [5.41, 5.74) is 3.68. The van der Waals surface area contributed by atoms with Crippen molar-refractivity contribution in [2.45, 2.75) is 46.1 Å². The molecule has 1 aromatic carbocycles. The minimum atomic E-state index is -0.107. The number of aryl methyl sites for hydroxylation is 2. The predicted octanol–water partition coefficient (Wildman–Crippen LogP) is 4.49. The summed E-state index contributed by atoms with van der Waals surface area (Å²) in [6.07, 6.45) is 1.37. The molecule has 2 aromatic rings. The maximum absolute atomic E-state index is 12.9. The standard InChI is InChI=1S/C21H24N2O2S/c1-13(21-14(2)26-15(3)22-21)23(4)20(25)12-18-17(10-11-19(18)24)16-8-6-5-7-9-16/h5-9,13H,10-12H2,1-4H3. The van der Waals surface area contributed by atoms with E-state index in [9.17, 15) is 9.59 Å². The quantitative estimate of drug-likeness (QED) is 0.781. The van der Waals surface area contributed by atoms with Crippen LogP contribution >= 0.6 is 11.3 Å². The molecule has 4 nitrogen and oxygen atoms in total. The Kier molecular flexibility index (Phi) is 5.37. The van der Waals surface area contributed by atoms with Gasteiger partial charge in [0.2, 0.25) is 5.91 Å². The van der Waals surface area contributed by atoms with E-state index in [0.29, 0.717) is 12.0 Å². The smallest absolute Gasteiger partial charge is 0.227 e. The third kappa shape index (κ3) is 3.63. The number of nitrogens with zero attached hydrogens (tertiary/aromatic N) is 2. The summed E-state index contributed by atoms with van der Waals surface area (Å²) >= 11 is 1.65. The third-order valence-electron chi connectivity index (χ3n) is 5.06. The number of thiazole rings is 1. The average molecular weight is 369 g/mol. The number of hydrogen-bond acceptors (Lipinski definition) is 4. The van der Waals surface area contributed by atoms with Gasteiger partial charge in [0.1, 0.15) is 0 Å². The molecule has 0 saturated carbocycles. The molecule has 0 spiro atoms. The number of benzene rings is 1. The highest BCUT2D eigenvalue weighted by Crippen LogP contribution is 2.34. The van der Waals surface area contributed by atoms with Crippen molar-refractivity contribution in [2.75, 3.05) is 7.05 Å². The van der Waals surface area contributed by atoms with Gasteiger partial charge in [0.15, 0.2) is 5.78 Å². The molecule has 3 rings (SSSR count). The molecule has 5 heteroatoms. The van der Waals surface area contributed by atoms with E-state index in [0.717, 1.165) is 33.1 Å².